The first-order valence-electron chi connectivity index (χ1n) is 9.93. The molecule has 0 aliphatic carbocycles. The first kappa shape index (κ1) is 18.2. The standard InChI is InChI=1S/C23H28N2O2/c1-17-7-5-6-8-18(17)11-12-23(26)24-20-13-21-16-27-22(15-25(21)14-20)19-9-3-2-4-10-19/h2-10,20-22H,11-16H2,1H3,(H,24,26)/t20-,21+,22-/m1/s1. The average Bonchev–Trinajstić information content (AvgIpc) is 3.09. The summed E-state index contributed by atoms with van der Waals surface area (Å²) in [5, 5.41) is 3.24. The van der Waals surface area contributed by atoms with E-state index in [0.717, 1.165) is 32.5 Å². The number of hydrogen-bond donors (Lipinski definition) is 1. The maximum absolute atomic E-state index is 12.4. The van der Waals surface area contributed by atoms with E-state index in [0.29, 0.717) is 12.5 Å². The first-order chi connectivity index (χ1) is 13.2. The number of hydrogen-bond acceptors (Lipinski definition) is 3. The first-order valence-corrected chi connectivity index (χ1v) is 9.93. The molecule has 0 bridgehead atoms. The molecule has 2 aliphatic heterocycles. The van der Waals surface area contributed by atoms with Crippen molar-refractivity contribution in [3.8, 4) is 0 Å². The Labute approximate surface area is 161 Å². The zero-order valence-electron chi connectivity index (χ0n) is 15.9. The Morgan fingerprint density at radius 2 is 1.89 bits per heavy atom. The van der Waals surface area contributed by atoms with Gasteiger partial charge in [0.25, 0.3) is 0 Å². The largest absolute Gasteiger partial charge is 0.371 e. The number of nitrogens with one attached hydrogen (secondary N) is 1. The molecule has 2 fully saturated rings. The van der Waals surface area contributed by atoms with Gasteiger partial charge in [-0.2, -0.15) is 0 Å². The quantitative estimate of drug-likeness (QED) is 0.885. The molecule has 1 amide bonds. The Morgan fingerprint density at radius 3 is 2.70 bits per heavy atom. The fraction of sp³-hybridized carbons (Fsp3) is 0.435. The molecule has 3 atom stereocenters. The van der Waals surface area contributed by atoms with Crippen LogP contribution in [0, 0.1) is 6.92 Å². The lowest BCUT2D eigenvalue weighted by molar-refractivity contribution is -0.121. The summed E-state index contributed by atoms with van der Waals surface area (Å²) in [6.45, 7) is 4.68. The monoisotopic (exact) mass is 364 g/mol. The summed E-state index contributed by atoms with van der Waals surface area (Å²) in [5.41, 5.74) is 3.75. The maximum atomic E-state index is 12.4. The number of morpholine rings is 1. The van der Waals surface area contributed by atoms with Gasteiger partial charge >= 0.3 is 0 Å². The molecule has 0 aromatic heterocycles. The molecule has 0 radical (unpaired) electrons. The zero-order chi connectivity index (χ0) is 18.6. The van der Waals surface area contributed by atoms with Crippen molar-refractivity contribution in [1.29, 1.82) is 0 Å². The van der Waals surface area contributed by atoms with E-state index in [4.69, 9.17) is 4.74 Å². The molecule has 142 valence electrons. The van der Waals surface area contributed by atoms with Gasteiger partial charge in [-0.15, -0.1) is 0 Å². The van der Waals surface area contributed by atoms with Gasteiger partial charge in [-0.05, 0) is 36.5 Å². The normalized spacial score (nSPS) is 25.1. The predicted molar refractivity (Wildman–Crippen MR) is 107 cm³/mol. The number of carbonyl (C=O) groups excluding carboxylic acids is 1. The van der Waals surface area contributed by atoms with Crippen molar-refractivity contribution in [1.82, 2.24) is 10.2 Å². The third-order valence-corrected chi connectivity index (χ3v) is 5.84. The molecular weight excluding hydrogens is 336 g/mol. The molecule has 0 spiro atoms. The van der Waals surface area contributed by atoms with Crippen molar-refractivity contribution in [2.45, 2.75) is 44.4 Å². The summed E-state index contributed by atoms with van der Waals surface area (Å²) in [6.07, 6.45) is 2.47. The number of carbonyl (C=O) groups is 1. The highest BCUT2D eigenvalue weighted by Gasteiger charge is 2.38. The van der Waals surface area contributed by atoms with E-state index in [1.165, 1.54) is 16.7 Å². The summed E-state index contributed by atoms with van der Waals surface area (Å²) >= 11 is 0. The molecule has 2 saturated heterocycles. The molecular formula is C23H28N2O2. The summed E-state index contributed by atoms with van der Waals surface area (Å²) in [6, 6.07) is 19.4. The number of ether oxygens (including phenoxy) is 1. The second-order valence-electron chi connectivity index (χ2n) is 7.77. The van der Waals surface area contributed by atoms with Crippen LogP contribution in [0.15, 0.2) is 54.6 Å². The Bertz CT molecular complexity index is 777. The number of aryl methyl sites for hydroxylation is 2. The predicted octanol–water partition coefficient (Wildman–Crippen LogP) is 3.26. The molecule has 2 aromatic rings. The van der Waals surface area contributed by atoms with Gasteiger partial charge in [0.15, 0.2) is 0 Å². The van der Waals surface area contributed by atoms with Gasteiger partial charge in [-0.25, -0.2) is 0 Å². The SMILES string of the molecule is Cc1ccccc1CCC(=O)N[C@@H]1C[C@H]2CO[C@@H](c3ccccc3)CN2C1. The Morgan fingerprint density at radius 1 is 1.11 bits per heavy atom. The van der Waals surface area contributed by atoms with Gasteiger partial charge in [0.05, 0.1) is 12.7 Å². The van der Waals surface area contributed by atoms with Gasteiger partial charge < -0.3 is 10.1 Å². The zero-order valence-corrected chi connectivity index (χ0v) is 15.9. The summed E-state index contributed by atoms with van der Waals surface area (Å²) in [7, 11) is 0. The second-order valence-corrected chi connectivity index (χ2v) is 7.77. The van der Waals surface area contributed by atoms with Crippen LogP contribution < -0.4 is 5.32 Å². The Balaban J connectivity index is 1.27. The maximum Gasteiger partial charge on any atom is 0.220 e. The third-order valence-electron chi connectivity index (χ3n) is 5.84. The number of benzene rings is 2. The van der Waals surface area contributed by atoms with Crippen LogP contribution in [0.4, 0.5) is 0 Å². The summed E-state index contributed by atoms with van der Waals surface area (Å²) in [4.78, 5) is 14.9. The minimum atomic E-state index is 0.137. The fourth-order valence-electron chi connectivity index (χ4n) is 4.29. The van der Waals surface area contributed by atoms with Crippen molar-refractivity contribution in [2.24, 2.45) is 0 Å². The van der Waals surface area contributed by atoms with E-state index in [9.17, 15) is 4.79 Å². The topological polar surface area (TPSA) is 41.6 Å². The lowest BCUT2D eigenvalue weighted by Crippen LogP contribution is -2.43. The van der Waals surface area contributed by atoms with Gasteiger partial charge in [0.2, 0.25) is 5.91 Å². The average molecular weight is 364 g/mol. The second kappa shape index (κ2) is 8.24. The highest BCUT2D eigenvalue weighted by atomic mass is 16.5. The van der Waals surface area contributed by atoms with Crippen LogP contribution in [0.1, 0.15) is 35.6 Å². The third kappa shape index (κ3) is 4.40. The fourth-order valence-corrected chi connectivity index (χ4v) is 4.29. The van der Waals surface area contributed by atoms with Crippen molar-refractivity contribution in [2.75, 3.05) is 19.7 Å². The molecule has 2 aromatic carbocycles. The van der Waals surface area contributed by atoms with Crippen LogP contribution in [0.3, 0.4) is 0 Å². The van der Waals surface area contributed by atoms with Crippen molar-refractivity contribution < 1.29 is 9.53 Å². The lowest BCUT2D eigenvalue weighted by Gasteiger charge is -2.35. The summed E-state index contributed by atoms with van der Waals surface area (Å²) in [5.74, 6) is 0.156. The van der Waals surface area contributed by atoms with E-state index >= 15 is 0 Å². The van der Waals surface area contributed by atoms with Crippen molar-refractivity contribution >= 4 is 5.91 Å². The van der Waals surface area contributed by atoms with E-state index in [2.05, 4.69) is 53.5 Å². The number of nitrogens with zero attached hydrogens (tertiary/aromatic N) is 1. The van der Waals surface area contributed by atoms with Crippen LogP contribution in [0.2, 0.25) is 0 Å². The van der Waals surface area contributed by atoms with Gasteiger partial charge in [0, 0.05) is 31.6 Å². The van der Waals surface area contributed by atoms with Crippen LogP contribution in [-0.4, -0.2) is 42.6 Å². The van der Waals surface area contributed by atoms with Crippen LogP contribution in [0.25, 0.3) is 0 Å². The number of rotatable bonds is 5. The van der Waals surface area contributed by atoms with E-state index in [1.807, 2.05) is 18.2 Å². The van der Waals surface area contributed by atoms with E-state index in [1.54, 1.807) is 0 Å². The molecule has 2 heterocycles. The van der Waals surface area contributed by atoms with Gasteiger partial charge in [0.1, 0.15) is 0 Å². The molecule has 1 N–H and O–H groups in total. The van der Waals surface area contributed by atoms with Crippen LogP contribution in [0.5, 0.6) is 0 Å². The van der Waals surface area contributed by atoms with E-state index < -0.39 is 0 Å². The minimum Gasteiger partial charge on any atom is -0.371 e. The minimum absolute atomic E-state index is 0.137. The Hall–Kier alpha value is -2.17. The van der Waals surface area contributed by atoms with Crippen LogP contribution >= 0.6 is 0 Å². The summed E-state index contributed by atoms with van der Waals surface area (Å²) < 4.78 is 6.10. The molecule has 4 rings (SSSR count). The number of fused-ring (bicyclic) bond motifs is 1. The van der Waals surface area contributed by atoms with Crippen LogP contribution in [-0.2, 0) is 16.0 Å². The Kier molecular flexibility index (Phi) is 5.55. The lowest BCUT2D eigenvalue weighted by atomic mass is 10.0. The van der Waals surface area contributed by atoms with Crippen molar-refractivity contribution in [3.05, 3.63) is 71.3 Å². The highest BCUT2D eigenvalue weighted by Crippen LogP contribution is 2.30. The highest BCUT2D eigenvalue weighted by molar-refractivity contribution is 5.76. The molecule has 27 heavy (non-hydrogen) atoms. The van der Waals surface area contributed by atoms with Crippen molar-refractivity contribution in [3.63, 3.8) is 0 Å². The molecule has 4 nitrogen and oxygen atoms in total. The van der Waals surface area contributed by atoms with Gasteiger partial charge in [-0.3, -0.25) is 9.69 Å². The van der Waals surface area contributed by atoms with Gasteiger partial charge in [-0.1, -0.05) is 54.6 Å². The van der Waals surface area contributed by atoms with E-state index in [-0.39, 0.29) is 18.1 Å². The number of amides is 1. The molecule has 0 unspecified atom stereocenters. The molecule has 4 heteroatoms. The smallest absolute Gasteiger partial charge is 0.220 e. The molecule has 2 aliphatic rings. The molecule has 0 saturated carbocycles.